The van der Waals surface area contributed by atoms with Crippen LogP contribution in [0.3, 0.4) is 0 Å². The lowest BCUT2D eigenvalue weighted by Gasteiger charge is -2.12. The van der Waals surface area contributed by atoms with Gasteiger partial charge < -0.3 is 9.47 Å². The molecule has 0 aromatic heterocycles. The van der Waals surface area contributed by atoms with E-state index in [2.05, 4.69) is 11.6 Å². The summed E-state index contributed by atoms with van der Waals surface area (Å²) in [6, 6.07) is 10.8. The third-order valence-electron chi connectivity index (χ3n) is 4.09. The minimum atomic E-state index is -3.52. The summed E-state index contributed by atoms with van der Waals surface area (Å²) in [5.74, 6) is 0.802. The summed E-state index contributed by atoms with van der Waals surface area (Å²) in [4.78, 5) is 0.273. The van der Waals surface area contributed by atoms with Crippen molar-refractivity contribution in [3.05, 3.63) is 36.4 Å². The van der Waals surface area contributed by atoms with Crippen LogP contribution in [0.2, 0.25) is 0 Å². The second-order valence-electron chi connectivity index (χ2n) is 6.01. The van der Waals surface area contributed by atoms with Crippen LogP contribution >= 0.6 is 0 Å². The molecule has 24 heavy (non-hydrogen) atoms. The monoisotopic (exact) mass is 349 g/mol. The molecular weight excluding hydrogens is 326 g/mol. The number of sulfonamides is 1. The molecule has 5 nitrogen and oxygen atoms in total. The van der Waals surface area contributed by atoms with Crippen molar-refractivity contribution in [2.75, 3.05) is 19.8 Å². The lowest BCUT2D eigenvalue weighted by molar-refractivity contribution is 0.114. The van der Waals surface area contributed by atoms with E-state index in [0.29, 0.717) is 19.8 Å². The molecule has 1 aliphatic heterocycles. The van der Waals surface area contributed by atoms with Crippen molar-refractivity contribution in [3.63, 3.8) is 0 Å². The molecule has 1 aliphatic rings. The Morgan fingerprint density at radius 2 is 2.00 bits per heavy atom. The molecule has 1 atom stereocenters. The van der Waals surface area contributed by atoms with Crippen molar-refractivity contribution >= 4 is 20.8 Å². The first-order chi connectivity index (χ1) is 11.6. The first-order valence-corrected chi connectivity index (χ1v) is 9.85. The number of nitrogens with one attached hydrogen (secondary N) is 1. The van der Waals surface area contributed by atoms with Crippen LogP contribution in [0, 0.1) is 0 Å². The lowest BCUT2D eigenvalue weighted by Crippen LogP contribution is -2.31. The molecule has 3 rings (SSSR count). The summed E-state index contributed by atoms with van der Waals surface area (Å²) in [5.41, 5.74) is 0. The molecule has 2 aromatic rings. The largest absolute Gasteiger partial charge is 0.494 e. The Bertz CT molecular complexity index is 798. The maximum absolute atomic E-state index is 12.4. The van der Waals surface area contributed by atoms with Gasteiger partial charge in [0.05, 0.1) is 17.6 Å². The fourth-order valence-electron chi connectivity index (χ4n) is 2.77. The molecule has 0 spiro atoms. The van der Waals surface area contributed by atoms with Crippen LogP contribution in [0.4, 0.5) is 0 Å². The third-order valence-corrected chi connectivity index (χ3v) is 5.51. The number of ether oxygens (including phenoxy) is 2. The van der Waals surface area contributed by atoms with Gasteiger partial charge in [0.25, 0.3) is 0 Å². The summed E-state index contributed by atoms with van der Waals surface area (Å²) in [6.07, 6.45) is 2.83. The van der Waals surface area contributed by atoms with Gasteiger partial charge in [0.2, 0.25) is 10.0 Å². The maximum atomic E-state index is 12.4. The predicted octanol–water partition coefficient (Wildman–Crippen LogP) is 3.09. The van der Waals surface area contributed by atoms with Gasteiger partial charge in [0.15, 0.2) is 0 Å². The van der Waals surface area contributed by atoms with Crippen LogP contribution < -0.4 is 9.46 Å². The molecule has 0 amide bonds. The first-order valence-electron chi connectivity index (χ1n) is 8.36. The Kier molecular flexibility index (Phi) is 5.38. The van der Waals surface area contributed by atoms with Gasteiger partial charge in [0, 0.05) is 13.2 Å². The van der Waals surface area contributed by atoms with Crippen molar-refractivity contribution < 1.29 is 17.9 Å². The highest BCUT2D eigenvalue weighted by Gasteiger charge is 2.20. The van der Waals surface area contributed by atoms with Gasteiger partial charge in [-0.2, -0.15) is 0 Å². The van der Waals surface area contributed by atoms with Crippen LogP contribution in [0.25, 0.3) is 10.8 Å². The van der Waals surface area contributed by atoms with E-state index in [1.54, 1.807) is 12.1 Å². The minimum Gasteiger partial charge on any atom is -0.494 e. The second kappa shape index (κ2) is 7.51. The van der Waals surface area contributed by atoms with Crippen molar-refractivity contribution in [1.29, 1.82) is 0 Å². The first kappa shape index (κ1) is 17.2. The molecule has 0 saturated carbocycles. The predicted molar refractivity (Wildman–Crippen MR) is 93.9 cm³/mol. The molecule has 0 unspecified atom stereocenters. The zero-order valence-corrected chi connectivity index (χ0v) is 14.6. The zero-order chi connectivity index (χ0) is 17.0. The molecule has 2 aromatic carbocycles. The highest BCUT2D eigenvalue weighted by molar-refractivity contribution is 7.89. The van der Waals surface area contributed by atoms with Gasteiger partial charge >= 0.3 is 0 Å². The summed E-state index contributed by atoms with van der Waals surface area (Å²) >= 11 is 0. The molecule has 1 N–H and O–H groups in total. The SMILES string of the molecule is CCCOc1ccc2cc(S(=O)(=O)NC[C@H]3CCCO3)ccc2c1. The van der Waals surface area contributed by atoms with Gasteiger partial charge in [-0.05, 0) is 54.3 Å². The zero-order valence-electron chi connectivity index (χ0n) is 13.8. The smallest absolute Gasteiger partial charge is 0.240 e. The molecule has 1 fully saturated rings. The number of hydrogen-bond donors (Lipinski definition) is 1. The van der Waals surface area contributed by atoms with E-state index in [4.69, 9.17) is 9.47 Å². The minimum absolute atomic E-state index is 0.0153. The summed E-state index contributed by atoms with van der Waals surface area (Å²) in [6.45, 7) is 3.77. The average Bonchev–Trinajstić information content (AvgIpc) is 3.11. The second-order valence-corrected chi connectivity index (χ2v) is 7.77. The standard InChI is InChI=1S/C18H23NO4S/c1-2-9-22-16-7-5-15-12-18(8-6-14(15)11-16)24(20,21)19-13-17-4-3-10-23-17/h5-8,11-12,17,19H,2-4,9-10,13H2,1H3/t17-/m1/s1. The topological polar surface area (TPSA) is 64.6 Å². The summed E-state index contributed by atoms with van der Waals surface area (Å²) in [7, 11) is -3.52. The van der Waals surface area contributed by atoms with Crippen LogP contribution in [-0.4, -0.2) is 34.3 Å². The third kappa shape index (κ3) is 4.06. The van der Waals surface area contributed by atoms with Crippen LogP contribution in [0.5, 0.6) is 5.75 Å². The summed E-state index contributed by atoms with van der Waals surface area (Å²) < 4.78 is 38.6. The van der Waals surface area contributed by atoms with E-state index in [1.807, 2.05) is 24.3 Å². The fourth-order valence-corrected chi connectivity index (χ4v) is 3.87. The van der Waals surface area contributed by atoms with Gasteiger partial charge in [0.1, 0.15) is 5.75 Å². The maximum Gasteiger partial charge on any atom is 0.240 e. The molecule has 0 aliphatic carbocycles. The van der Waals surface area contributed by atoms with Gasteiger partial charge in [-0.25, -0.2) is 13.1 Å². The fraction of sp³-hybridized carbons (Fsp3) is 0.444. The molecule has 1 heterocycles. The van der Waals surface area contributed by atoms with Gasteiger partial charge in [-0.15, -0.1) is 0 Å². The van der Waals surface area contributed by atoms with Crippen molar-refractivity contribution in [2.24, 2.45) is 0 Å². The number of hydrogen-bond acceptors (Lipinski definition) is 4. The van der Waals surface area contributed by atoms with E-state index < -0.39 is 10.0 Å². The van der Waals surface area contributed by atoms with Crippen molar-refractivity contribution in [1.82, 2.24) is 4.72 Å². The summed E-state index contributed by atoms with van der Waals surface area (Å²) in [5, 5.41) is 1.83. The van der Waals surface area contributed by atoms with Crippen LogP contribution in [0.15, 0.2) is 41.3 Å². The van der Waals surface area contributed by atoms with E-state index in [-0.39, 0.29) is 11.0 Å². The number of benzene rings is 2. The van der Waals surface area contributed by atoms with E-state index in [9.17, 15) is 8.42 Å². The Hall–Kier alpha value is -1.63. The Morgan fingerprint density at radius 3 is 2.75 bits per heavy atom. The van der Waals surface area contributed by atoms with E-state index >= 15 is 0 Å². The van der Waals surface area contributed by atoms with Crippen LogP contribution in [-0.2, 0) is 14.8 Å². The van der Waals surface area contributed by atoms with Crippen LogP contribution in [0.1, 0.15) is 26.2 Å². The lowest BCUT2D eigenvalue weighted by atomic mass is 10.1. The van der Waals surface area contributed by atoms with E-state index in [1.165, 1.54) is 0 Å². The number of fused-ring (bicyclic) bond motifs is 1. The van der Waals surface area contributed by atoms with E-state index in [0.717, 1.165) is 35.8 Å². The quantitative estimate of drug-likeness (QED) is 0.834. The average molecular weight is 349 g/mol. The molecule has 0 radical (unpaired) electrons. The molecule has 6 heteroatoms. The Labute approximate surface area is 143 Å². The Morgan fingerprint density at radius 1 is 1.21 bits per heavy atom. The normalized spacial score (nSPS) is 18.1. The van der Waals surface area contributed by atoms with Gasteiger partial charge in [-0.1, -0.05) is 19.1 Å². The highest BCUT2D eigenvalue weighted by Crippen LogP contribution is 2.24. The highest BCUT2D eigenvalue weighted by atomic mass is 32.2. The van der Waals surface area contributed by atoms with Crippen molar-refractivity contribution in [2.45, 2.75) is 37.2 Å². The molecule has 130 valence electrons. The molecule has 1 saturated heterocycles. The Balaban J connectivity index is 1.76. The molecule has 0 bridgehead atoms. The van der Waals surface area contributed by atoms with Gasteiger partial charge in [-0.3, -0.25) is 0 Å². The molecular formula is C18H23NO4S. The van der Waals surface area contributed by atoms with Crippen molar-refractivity contribution in [3.8, 4) is 5.75 Å². The number of rotatable bonds is 7.